The number of epoxide rings is 1. The molecule has 0 bridgehead atoms. The molecule has 1 fully saturated rings. The van der Waals surface area contributed by atoms with Gasteiger partial charge in [-0.05, 0) is 60.6 Å². The number of rotatable bonds is 16. The smallest absolute Gasteiger partial charge is 0.408 e. The van der Waals surface area contributed by atoms with Crippen LogP contribution in [0.5, 0.6) is 5.75 Å². The molecule has 48 heavy (non-hydrogen) atoms. The van der Waals surface area contributed by atoms with E-state index in [0.717, 1.165) is 22.3 Å². The Morgan fingerprint density at radius 2 is 1.21 bits per heavy atom. The third kappa shape index (κ3) is 9.86. The van der Waals surface area contributed by atoms with Crippen molar-refractivity contribution >= 4 is 23.6 Å². The number of carbonyl (C=O) groups excluding carboxylic acids is 4. The summed E-state index contributed by atoms with van der Waals surface area (Å²) in [5.41, 5.74) is 2.23. The van der Waals surface area contributed by atoms with Gasteiger partial charge in [-0.25, -0.2) is 4.79 Å². The lowest BCUT2D eigenvalue weighted by molar-refractivity contribution is -0.134. The lowest BCUT2D eigenvalue weighted by atomic mass is 9.88. The molecule has 2 amide bonds. The van der Waals surface area contributed by atoms with E-state index in [9.17, 15) is 24.3 Å². The number of amides is 2. The first-order valence-electron chi connectivity index (χ1n) is 16.0. The molecular formula is C39H40N2O7. The lowest BCUT2D eigenvalue weighted by Gasteiger charge is -2.25. The maximum absolute atomic E-state index is 14.0. The number of hydrogen-bond donors (Lipinski definition) is 3. The van der Waals surface area contributed by atoms with Crippen molar-refractivity contribution in [3.05, 3.63) is 138 Å². The van der Waals surface area contributed by atoms with E-state index >= 15 is 0 Å². The Morgan fingerprint density at radius 3 is 1.77 bits per heavy atom. The molecule has 9 nitrogen and oxygen atoms in total. The molecule has 4 aromatic carbocycles. The van der Waals surface area contributed by atoms with Gasteiger partial charge in [0.25, 0.3) is 0 Å². The van der Waals surface area contributed by atoms with Crippen LogP contribution in [0.4, 0.5) is 4.79 Å². The molecule has 3 N–H and O–H groups in total. The summed E-state index contributed by atoms with van der Waals surface area (Å²) in [6.45, 7) is 1.98. The van der Waals surface area contributed by atoms with Crippen LogP contribution in [-0.2, 0) is 49.7 Å². The Balaban J connectivity index is 1.35. The predicted molar refractivity (Wildman–Crippen MR) is 180 cm³/mol. The average Bonchev–Trinajstić information content (AvgIpc) is 3.86. The summed E-state index contributed by atoms with van der Waals surface area (Å²) >= 11 is 0. The monoisotopic (exact) mass is 648 g/mol. The first-order valence-corrected chi connectivity index (χ1v) is 16.0. The van der Waals surface area contributed by atoms with Crippen molar-refractivity contribution in [3.63, 3.8) is 0 Å². The second-order valence-corrected chi connectivity index (χ2v) is 12.3. The molecule has 0 spiro atoms. The van der Waals surface area contributed by atoms with Crippen molar-refractivity contribution in [1.29, 1.82) is 0 Å². The minimum absolute atomic E-state index is 0.0387. The first kappa shape index (κ1) is 34.1. The molecule has 1 saturated heterocycles. The van der Waals surface area contributed by atoms with E-state index in [1.807, 2.05) is 91.0 Å². The van der Waals surface area contributed by atoms with Gasteiger partial charge in [-0.3, -0.25) is 14.4 Å². The number of phenolic OH excluding ortho intramolecular Hbond substituents is 1. The highest BCUT2D eigenvalue weighted by molar-refractivity contribution is 5.98. The number of ether oxygens (including phenoxy) is 2. The van der Waals surface area contributed by atoms with Gasteiger partial charge in [0.2, 0.25) is 5.91 Å². The topological polar surface area (TPSA) is 134 Å². The fraction of sp³-hybridized carbons (Fsp3) is 0.282. The Morgan fingerprint density at radius 1 is 0.708 bits per heavy atom. The third-order valence-corrected chi connectivity index (χ3v) is 8.43. The van der Waals surface area contributed by atoms with Crippen molar-refractivity contribution in [2.45, 2.75) is 56.9 Å². The quantitative estimate of drug-likeness (QED) is 0.143. The highest BCUT2D eigenvalue weighted by Gasteiger charge is 2.50. The summed E-state index contributed by atoms with van der Waals surface area (Å²) in [5, 5.41) is 15.4. The number of phenols is 1. The normalized spacial score (nSPS) is 16.9. The Bertz CT molecular complexity index is 1670. The van der Waals surface area contributed by atoms with Crippen LogP contribution < -0.4 is 10.6 Å². The fourth-order valence-electron chi connectivity index (χ4n) is 5.53. The molecule has 1 aliphatic heterocycles. The zero-order chi connectivity index (χ0) is 33.9. The van der Waals surface area contributed by atoms with E-state index in [4.69, 9.17) is 9.47 Å². The Kier molecular flexibility index (Phi) is 11.4. The maximum atomic E-state index is 14.0. The van der Waals surface area contributed by atoms with Crippen LogP contribution in [0, 0.1) is 5.92 Å². The van der Waals surface area contributed by atoms with Crippen molar-refractivity contribution in [2.24, 2.45) is 5.92 Å². The van der Waals surface area contributed by atoms with Crippen molar-refractivity contribution in [1.82, 2.24) is 10.6 Å². The minimum Gasteiger partial charge on any atom is -0.508 e. The molecule has 248 valence electrons. The zero-order valence-electron chi connectivity index (χ0n) is 26.8. The SMILES string of the molecule is C[C@]1(C(=O)[C@H](Cc2ccc(O)cc2)NC(=O)[C@@H](CC(=O)[C@@H](Cc2ccccc2)NC(=O)OCc2ccccc2)Cc2ccccc2)CO1. The number of hydrogen-bond acceptors (Lipinski definition) is 7. The standard InChI is InChI=1S/C39H40N2O7/c1-39(26-48-39)36(44)34(23-29-17-19-32(42)20-18-29)40-37(45)31(21-27-11-5-2-6-12-27)24-35(43)33(22-28-13-7-3-8-14-28)41-38(46)47-25-30-15-9-4-10-16-30/h2-20,31,33-34,42H,21-26H2,1H3,(H,40,45)(H,41,46)/t31-,33-,34+,39-/m1/s1. The molecule has 1 aliphatic rings. The molecule has 0 saturated carbocycles. The second kappa shape index (κ2) is 16.0. The number of Topliss-reactive ketones (excluding diaryl/α,β-unsaturated/α-hetero) is 2. The second-order valence-electron chi connectivity index (χ2n) is 12.3. The first-order chi connectivity index (χ1) is 23.2. The molecule has 4 atom stereocenters. The number of nitrogens with one attached hydrogen (secondary N) is 2. The van der Waals surface area contributed by atoms with E-state index in [1.54, 1.807) is 19.1 Å². The number of alkyl carbamates (subject to hydrolysis) is 1. The van der Waals surface area contributed by atoms with Gasteiger partial charge in [-0.1, -0.05) is 103 Å². The van der Waals surface area contributed by atoms with E-state index < -0.39 is 35.6 Å². The highest BCUT2D eigenvalue weighted by atomic mass is 16.6. The number of carbonyl (C=O) groups is 4. The van der Waals surface area contributed by atoms with Crippen LogP contribution >= 0.6 is 0 Å². The van der Waals surface area contributed by atoms with E-state index in [1.165, 1.54) is 12.1 Å². The van der Waals surface area contributed by atoms with Crippen LogP contribution in [0.2, 0.25) is 0 Å². The van der Waals surface area contributed by atoms with Crippen LogP contribution in [0.15, 0.2) is 115 Å². The summed E-state index contributed by atoms with van der Waals surface area (Å²) in [6.07, 6.45) is -0.304. The van der Waals surface area contributed by atoms with Gasteiger partial charge in [0.15, 0.2) is 11.6 Å². The van der Waals surface area contributed by atoms with Gasteiger partial charge < -0.3 is 25.2 Å². The van der Waals surface area contributed by atoms with Gasteiger partial charge in [0, 0.05) is 12.3 Å². The van der Waals surface area contributed by atoms with Gasteiger partial charge in [-0.2, -0.15) is 0 Å². The van der Waals surface area contributed by atoms with Crippen molar-refractivity contribution < 1.29 is 33.8 Å². The molecule has 0 radical (unpaired) electrons. The van der Waals surface area contributed by atoms with Gasteiger partial charge in [0.05, 0.1) is 18.7 Å². The summed E-state index contributed by atoms with van der Waals surface area (Å²) in [5.74, 6) is -1.82. The highest BCUT2D eigenvalue weighted by Crippen LogP contribution is 2.29. The summed E-state index contributed by atoms with van der Waals surface area (Å²) in [7, 11) is 0. The Labute approximate surface area is 280 Å². The number of aromatic hydroxyl groups is 1. The molecule has 0 aromatic heterocycles. The minimum atomic E-state index is -0.996. The predicted octanol–water partition coefficient (Wildman–Crippen LogP) is 5.13. The molecule has 9 heteroatoms. The maximum Gasteiger partial charge on any atom is 0.408 e. The fourth-order valence-corrected chi connectivity index (χ4v) is 5.53. The van der Waals surface area contributed by atoms with Crippen molar-refractivity contribution in [2.75, 3.05) is 6.61 Å². The van der Waals surface area contributed by atoms with E-state index in [2.05, 4.69) is 10.6 Å². The average molecular weight is 649 g/mol. The van der Waals surface area contributed by atoms with Gasteiger partial charge in [-0.15, -0.1) is 0 Å². The number of ketones is 2. The zero-order valence-corrected chi connectivity index (χ0v) is 26.8. The molecule has 4 aromatic rings. The number of benzene rings is 4. The largest absolute Gasteiger partial charge is 0.508 e. The van der Waals surface area contributed by atoms with Crippen LogP contribution in [0.1, 0.15) is 35.6 Å². The summed E-state index contributed by atoms with van der Waals surface area (Å²) < 4.78 is 10.9. The van der Waals surface area contributed by atoms with Crippen LogP contribution in [0.25, 0.3) is 0 Å². The van der Waals surface area contributed by atoms with Crippen molar-refractivity contribution in [3.8, 4) is 5.75 Å². The molecule has 5 rings (SSSR count). The Hall–Kier alpha value is -5.28. The molecule has 0 aliphatic carbocycles. The van der Waals surface area contributed by atoms with Crippen LogP contribution in [-0.4, -0.2) is 53.0 Å². The molecular weight excluding hydrogens is 608 g/mol. The van der Waals surface area contributed by atoms with E-state index in [0.29, 0.717) is 0 Å². The summed E-state index contributed by atoms with van der Waals surface area (Å²) in [6, 6.07) is 32.4. The van der Waals surface area contributed by atoms with Gasteiger partial charge >= 0.3 is 6.09 Å². The molecule has 0 unspecified atom stereocenters. The summed E-state index contributed by atoms with van der Waals surface area (Å²) in [4.78, 5) is 54.5. The van der Waals surface area contributed by atoms with E-state index in [-0.39, 0.29) is 56.2 Å². The molecule has 1 heterocycles. The van der Waals surface area contributed by atoms with Gasteiger partial charge in [0.1, 0.15) is 18.0 Å². The van der Waals surface area contributed by atoms with Crippen LogP contribution in [0.3, 0.4) is 0 Å². The lowest BCUT2D eigenvalue weighted by Crippen LogP contribution is -2.50. The third-order valence-electron chi connectivity index (χ3n) is 8.43.